The topological polar surface area (TPSA) is 123 Å². The largest absolute Gasteiger partial charge is 0.494 e. The van der Waals surface area contributed by atoms with Crippen LogP contribution in [-0.4, -0.2) is 59.9 Å². The van der Waals surface area contributed by atoms with Crippen molar-refractivity contribution in [3.8, 4) is 5.75 Å². The van der Waals surface area contributed by atoms with Crippen LogP contribution in [0.3, 0.4) is 0 Å². The van der Waals surface area contributed by atoms with E-state index in [0.717, 1.165) is 34.1 Å². The predicted molar refractivity (Wildman–Crippen MR) is 115 cm³/mol. The SMILES string of the molecule is COc1ccc(N2CCOCC2)c2sc(NC(=O)c3ccn(CC(=O)O)c(=O)c3)nc12. The molecule has 0 radical (unpaired) electrons. The molecule has 2 N–H and O–H groups in total. The van der Waals surface area contributed by atoms with Crippen molar-refractivity contribution in [1.29, 1.82) is 0 Å². The summed E-state index contributed by atoms with van der Waals surface area (Å²) in [7, 11) is 1.56. The molecule has 162 valence electrons. The second-order valence-electron chi connectivity index (χ2n) is 6.81. The van der Waals surface area contributed by atoms with Gasteiger partial charge in [0.15, 0.2) is 5.13 Å². The standard InChI is InChI=1S/C20H20N4O6S/c1-29-14-3-2-13(23-6-8-30-9-7-23)18-17(14)21-20(31-18)22-19(28)12-4-5-24(11-16(26)27)15(25)10-12/h2-5,10H,6-9,11H2,1H3,(H,26,27)(H,21,22,28). The summed E-state index contributed by atoms with van der Waals surface area (Å²) in [4.78, 5) is 42.2. The van der Waals surface area contributed by atoms with Gasteiger partial charge >= 0.3 is 5.97 Å². The van der Waals surface area contributed by atoms with Crippen LogP contribution >= 0.6 is 11.3 Å². The monoisotopic (exact) mass is 444 g/mol. The van der Waals surface area contributed by atoms with Gasteiger partial charge in [-0.05, 0) is 18.2 Å². The number of amides is 1. The van der Waals surface area contributed by atoms with Crippen LogP contribution in [0.15, 0.2) is 35.3 Å². The number of thiazole rings is 1. The lowest BCUT2D eigenvalue weighted by molar-refractivity contribution is -0.137. The Morgan fingerprint density at radius 2 is 2.06 bits per heavy atom. The Morgan fingerprint density at radius 1 is 1.29 bits per heavy atom. The maximum atomic E-state index is 12.7. The van der Waals surface area contributed by atoms with Crippen molar-refractivity contribution in [3.63, 3.8) is 0 Å². The number of pyridine rings is 1. The van der Waals surface area contributed by atoms with Gasteiger partial charge < -0.3 is 24.0 Å². The van der Waals surface area contributed by atoms with Crippen molar-refractivity contribution in [2.45, 2.75) is 6.54 Å². The molecule has 4 rings (SSSR count). The van der Waals surface area contributed by atoms with Crippen molar-refractivity contribution in [1.82, 2.24) is 9.55 Å². The molecule has 1 fully saturated rings. The normalized spacial score (nSPS) is 13.9. The van der Waals surface area contributed by atoms with E-state index in [4.69, 9.17) is 14.6 Å². The number of hydrogen-bond donors (Lipinski definition) is 2. The minimum atomic E-state index is -1.14. The fraction of sp³-hybridized carbons (Fsp3) is 0.300. The first kappa shape index (κ1) is 20.8. The number of carboxylic acid groups (broad SMARTS) is 1. The van der Waals surface area contributed by atoms with E-state index in [2.05, 4.69) is 15.2 Å². The van der Waals surface area contributed by atoms with Crippen LogP contribution < -0.4 is 20.5 Å². The number of hydrogen-bond acceptors (Lipinski definition) is 8. The quantitative estimate of drug-likeness (QED) is 0.588. The molecule has 0 atom stereocenters. The summed E-state index contributed by atoms with van der Waals surface area (Å²) in [5.74, 6) is -1.05. The lowest BCUT2D eigenvalue weighted by Crippen LogP contribution is -2.36. The first-order valence-corrected chi connectivity index (χ1v) is 10.3. The van der Waals surface area contributed by atoms with E-state index < -0.39 is 24.0 Å². The summed E-state index contributed by atoms with van der Waals surface area (Å²) in [6, 6.07) is 6.32. The van der Waals surface area contributed by atoms with Gasteiger partial charge in [-0.3, -0.25) is 19.7 Å². The van der Waals surface area contributed by atoms with Crippen molar-refractivity contribution in [3.05, 3.63) is 46.4 Å². The van der Waals surface area contributed by atoms with Crippen molar-refractivity contribution in [2.75, 3.05) is 43.6 Å². The van der Waals surface area contributed by atoms with Gasteiger partial charge in [0.2, 0.25) is 0 Å². The summed E-state index contributed by atoms with van der Waals surface area (Å²) in [6.07, 6.45) is 1.28. The lowest BCUT2D eigenvalue weighted by atomic mass is 10.2. The smallest absolute Gasteiger partial charge is 0.323 e. The van der Waals surface area contributed by atoms with Gasteiger partial charge in [-0.1, -0.05) is 11.3 Å². The number of carboxylic acids is 1. The van der Waals surface area contributed by atoms with Crippen LogP contribution in [0, 0.1) is 0 Å². The average Bonchev–Trinajstić information content (AvgIpc) is 3.18. The number of methoxy groups -OCH3 is 1. The van der Waals surface area contributed by atoms with Gasteiger partial charge in [-0.2, -0.15) is 0 Å². The number of morpholine rings is 1. The van der Waals surface area contributed by atoms with Crippen molar-refractivity contribution in [2.24, 2.45) is 0 Å². The number of rotatable bonds is 6. The van der Waals surface area contributed by atoms with E-state index in [0.29, 0.717) is 29.6 Å². The van der Waals surface area contributed by atoms with E-state index in [1.807, 2.05) is 12.1 Å². The van der Waals surface area contributed by atoms with Crippen LogP contribution in [0.5, 0.6) is 5.75 Å². The maximum Gasteiger partial charge on any atom is 0.323 e. The van der Waals surface area contributed by atoms with Crippen molar-refractivity contribution >= 4 is 44.2 Å². The van der Waals surface area contributed by atoms with E-state index >= 15 is 0 Å². The van der Waals surface area contributed by atoms with Crippen molar-refractivity contribution < 1.29 is 24.2 Å². The second kappa shape index (κ2) is 8.74. The summed E-state index contributed by atoms with van der Waals surface area (Å²) >= 11 is 1.32. The molecule has 0 aliphatic carbocycles. The highest BCUT2D eigenvalue weighted by Crippen LogP contribution is 2.39. The Labute approximate surface area is 180 Å². The van der Waals surface area contributed by atoms with Gasteiger partial charge in [0.25, 0.3) is 11.5 Å². The number of carbonyl (C=O) groups is 2. The summed E-state index contributed by atoms with van der Waals surface area (Å²) in [5, 5.41) is 11.9. The first-order valence-electron chi connectivity index (χ1n) is 9.50. The van der Waals surface area contributed by atoms with E-state index in [1.54, 1.807) is 7.11 Å². The van der Waals surface area contributed by atoms with Crippen LogP contribution in [-0.2, 0) is 16.1 Å². The fourth-order valence-corrected chi connectivity index (χ4v) is 4.35. The minimum absolute atomic E-state index is 0.117. The fourth-order valence-electron chi connectivity index (χ4n) is 3.34. The van der Waals surface area contributed by atoms with E-state index in [1.165, 1.54) is 23.6 Å². The van der Waals surface area contributed by atoms with Gasteiger partial charge in [0.05, 0.1) is 30.7 Å². The number of fused-ring (bicyclic) bond motifs is 1. The third-order valence-electron chi connectivity index (χ3n) is 4.84. The van der Waals surface area contributed by atoms with Crippen LogP contribution in [0.1, 0.15) is 10.4 Å². The Morgan fingerprint density at radius 3 is 2.74 bits per heavy atom. The molecule has 0 saturated carbocycles. The molecule has 0 unspecified atom stereocenters. The average molecular weight is 444 g/mol. The molecule has 10 nitrogen and oxygen atoms in total. The number of aromatic nitrogens is 2. The number of nitrogens with one attached hydrogen (secondary N) is 1. The molecule has 2 aromatic heterocycles. The number of nitrogens with zero attached hydrogens (tertiary/aromatic N) is 3. The molecular weight excluding hydrogens is 424 g/mol. The molecule has 1 aliphatic heterocycles. The highest BCUT2D eigenvalue weighted by atomic mass is 32.1. The maximum absolute atomic E-state index is 12.7. The highest BCUT2D eigenvalue weighted by molar-refractivity contribution is 7.23. The van der Waals surface area contributed by atoms with E-state index in [9.17, 15) is 14.4 Å². The summed E-state index contributed by atoms with van der Waals surface area (Å²) < 4.78 is 12.8. The molecule has 1 saturated heterocycles. The molecule has 1 amide bonds. The molecule has 0 bridgehead atoms. The van der Waals surface area contributed by atoms with Crippen LogP contribution in [0.4, 0.5) is 10.8 Å². The number of ether oxygens (including phenoxy) is 2. The van der Waals surface area contributed by atoms with Gasteiger partial charge in [-0.15, -0.1) is 0 Å². The molecule has 1 aliphatic rings. The molecule has 31 heavy (non-hydrogen) atoms. The Hall–Kier alpha value is -3.44. The predicted octanol–water partition coefficient (Wildman–Crippen LogP) is 1.64. The van der Waals surface area contributed by atoms with Crippen LogP contribution in [0.2, 0.25) is 0 Å². The second-order valence-corrected chi connectivity index (χ2v) is 7.81. The molecular formula is C20H20N4O6S. The zero-order valence-electron chi connectivity index (χ0n) is 16.7. The third-order valence-corrected chi connectivity index (χ3v) is 5.84. The van der Waals surface area contributed by atoms with E-state index in [-0.39, 0.29) is 5.56 Å². The number of aliphatic carboxylic acids is 1. The zero-order valence-corrected chi connectivity index (χ0v) is 17.5. The molecule has 3 aromatic rings. The van der Waals surface area contributed by atoms with Gasteiger partial charge in [0.1, 0.15) is 17.8 Å². The molecule has 11 heteroatoms. The molecule has 1 aromatic carbocycles. The third kappa shape index (κ3) is 4.37. The Bertz CT molecular complexity index is 1200. The van der Waals surface area contributed by atoms with Gasteiger partial charge in [-0.25, -0.2) is 4.98 Å². The Balaban J connectivity index is 1.62. The molecule has 3 heterocycles. The lowest BCUT2D eigenvalue weighted by Gasteiger charge is -2.29. The van der Waals surface area contributed by atoms with Crippen LogP contribution in [0.25, 0.3) is 10.2 Å². The highest BCUT2D eigenvalue weighted by Gasteiger charge is 2.20. The Kier molecular flexibility index (Phi) is 5.87. The number of benzene rings is 1. The van der Waals surface area contributed by atoms with Gasteiger partial charge in [0, 0.05) is 30.9 Å². The first-order chi connectivity index (χ1) is 15.0. The summed E-state index contributed by atoms with van der Waals surface area (Å²) in [6.45, 7) is 2.33. The zero-order chi connectivity index (χ0) is 22.0. The summed E-state index contributed by atoms with van der Waals surface area (Å²) in [5.41, 5.74) is 1.18. The number of anilines is 2. The number of carbonyl (C=O) groups excluding carboxylic acids is 1. The molecule has 0 spiro atoms. The minimum Gasteiger partial charge on any atom is -0.494 e.